The van der Waals surface area contributed by atoms with Gasteiger partial charge in [-0.1, -0.05) is 140 Å². The van der Waals surface area contributed by atoms with Gasteiger partial charge in [0.2, 0.25) is 11.8 Å². The van der Waals surface area contributed by atoms with E-state index < -0.39 is 0 Å². The van der Waals surface area contributed by atoms with Gasteiger partial charge in [-0.3, -0.25) is 0 Å². The molecular formula is C46H78N2O4. The lowest BCUT2D eigenvalue weighted by molar-refractivity contribution is 0.0480. The van der Waals surface area contributed by atoms with E-state index in [9.17, 15) is 4.79 Å². The number of allylic oxidation sites excluding steroid dienone is 8. The highest BCUT2D eigenvalue weighted by Gasteiger charge is 2.13. The maximum absolute atomic E-state index is 12.8. The molecule has 0 N–H and O–H groups in total. The maximum Gasteiger partial charge on any atom is 0.338 e. The zero-order valence-corrected chi connectivity index (χ0v) is 34.1. The normalized spacial score (nSPS) is 12.0. The molecule has 0 bridgehead atoms. The van der Waals surface area contributed by atoms with Crippen molar-refractivity contribution in [1.82, 2.24) is 9.88 Å². The van der Waals surface area contributed by atoms with Crippen LogP contribution in [0.2, 0.25) is 0 Å². The maximum atomic E-state index is 12.8. The van der Waals surface area contributed by atoms with Crippen LogP contribution < -0.4 is 9.47 Å². The number of likely N-dealkylation sites (N-methyl/N-ethyl adjacent to an activating group) is 1. The fraction of sp³-hybridized carbons (Fsp3) is 0.696. The second kappa shape index (κ2) is 36.5. The number of nitrogens with zero attached hydrogens (tertiary/aromatic N) is 2. The summed E-state index contributed by atoms with van der Waals surface area (Å²) in [6.07, 6.45) is 47.5. The number of esters is 1. The van der Waals surface area contributed by atoms with Crippen LogP contribution in [0, 0.1) is 0 Å². The van der Waals surface area contributed by atoms with Crippen LogP contribution in [0.5, 0.6) is 11.8 Å². The number of unbranched alkanes of at least 4 members (excludes halogenated alkanes) is 18. The summed E-state index contributed by atoms with van der Waals surface area (Å²) in [6, 6.07) is 3.36. The van der Waals surface area contributed by atoms with Crippen molar-refractivity contribution in [2.24, 2.45) is 0 Å². The van der Waals surface area contributed by atoms with Crippen molar-refractivity contribution < 1.29 is 19.0 Å². The van der Waals surface area contributed by atoms with Gasteiger partial charge in [0.05, 0.1) is 18.8 Å². The van der Waals surface area contributed by atoms with Crippen LogP contribution in [-0.2, 0) is 4.74 Å². The van der Waals surface area contributed by atoms with E-state index in [1.807, 2.05) is 19.0 Å². The highest BCUT2D eigenvalue weighted by Crippen LogP contribution is 2.20. The van der Waals surface area contributed by atoms with Crippen LogP contribution in [0.15, 0.2) is 60.7 Å². The number of carbonyl (C=O) groups excluding carboxylic acids is 1. The lowest BCUT2D eigenvalue weighted by Gasteiger charge is -2.13. The van der Waals surface area contributed by atoms with E-state index in [-0.39, 0.29) is 5.97 Å². The molecule has 0 amide bonds. The van der Waals surface area contributed by atoms with E-state index in [1.54, 1.807) is 12.1 Å². The number of aromatic nitrogens is 1. The van der Waals surface area contributed by atoms with E-state index in [1.165, 1.54) is 116 Å². The van der Waals surface area contributed by atoms with Crippen LogP contribution in [0.3, 0.4) is 0 Å². The van der Waals surface area contributed by atoms with E-state index in [0.717, 1.165) is 38.5 Å². The van der Waals surface area contributed by atoms with Gasteiger partial charge in [0, 0.05) is 18.7 Å². The van der Waals surface area contributed by atoms with Gasteiger partial charge >= 0.3 is 5.97 Å². The first kappa shape index (κ1) is 47.2. The first-order valence-electron chi connectivity index (χ1n) is 21.3. The number of ether oxygens (including phenoxy) is 3. The topological polar surface area (TPSA) is 60.9 Å². The molecule has 0 radical (unpaired) electrons. The Morgan fingerprint density at radius 1 is 0.538 bits per heavy atom. The Bertz CT molecular complexity index is 1010. The molecule has 1 heterocycles. The molecule has 0 spiro atoms. The van der Waals surface area contributed by atoms with Crippen LogP contribution >= 0.6 is 0 Å². The molecule has 0 aliphatic heterocycles. The van der Waals surface area contributed by atoms with Gasteiger partial charge in [-0.2, -0.15) is 4.98 Å². The smallest absolute Gasteiger partial charge is 0.338 e. The molecule has 52 heavy (non-hydrogen) atoms. The standard InChI is InChI=1S/C46H78N2O4/c1-5-7-9-11-13-15-17-19-21-23-25-27-29-31-33-35-38-50-44-41-43(46(49)52-40-37-48(3)4)42-45(47-44)51-39-36-34-32-30-28-26-24-22-20-18-16-14-12-10-8-6-2/h13-16,19-22,41-42H,5-12,17-18,23-40H2,1-4H3/b15-13-,16-14-,21-19-,22-20-. The number of carbonyl (C=O) groups is 1. The molecule has 6 nitrogen and oxygen atoms in total. The van der Waals surface area contributed by atoms with Gasteiger partial charge < -0.3 is 19.1 Å². The van der Waals surface area contributed by atoms with Gasteiger partial charge in [-0.15, -0.1) is 0 Å². The van der Waals surface area contributed by atoms with Crippen molar-refractivity contribution in [3.8, 4) is 11.8 Å². The molecule has 296 valence electrons. The quantitative estimate of drug-likeness (QED) is 0.0390. The molecule has 0 aromatic carbocycles. The Kier molecular flexibility index (Phi) is 33.1. The van der Waals surface area contributed by atoms with Crippen molar-refractivity contribution >= 4 is 5.97 Å². The molecule has 0 aliphatic rings. The summed E-state index contributed by atoms with van der Waals surface area (Å²) in [5.74, 6) is 0.481. The Morgan fingerprint density at radius 3 is 1.33 bits per heavy atom. The summed E-state index contributed by atoms with van der Waals surface area (Å²) in [5.41, 5.74) is 0.424. The Morgan fingerprint density at radius 2 is 0.923 bits per heavy atom. The number of hydrogen-bond acceptors (Lipinski definition) is 6. The second-order valence-electron chi connectivity index (χ2n) is 14.3. The molecule has 0 aliphatic carbocycles. The Hall–Kier alpha value is -2.86. The second-order valence-corrected chi connectivity index (χ2v) is 14.3. The molecule has 1 aromatic heterocycles. The summed E-state index contributed by atoms with van der Waals surface area (Å²) >= 11 is 0. The molecule has 0 atom stereocenters. The highest BCUT2D eigenvalue weighted by molar-refractivity contribution is 5.90. The molecule has 0 saturated heterocycles. The van der Waals surface area contributed by atoms with Crippen LogP contribution in [0.1, 0.15) is 178 Å². The zero-order chi connectivity index (χ0) is 37.6. The van der Waals surface area contributed by atoms with Crippen molar-refractivity contribution in [2.45, 2.75) is 168 Å². The number of pyridine rings is 1. The summed E-state index contributed by atoms with van der Waals surface area (Å²) in [4.78, 5) is 19.4. The lowest BCUT2D eigenvalue weighted by Crippen LogP contribution is -2.20. The van der Waals surface area contributed by atoms with E-state index in [0.29, 0.717) is 43.7 Å². The molecule has 1 aromatic rings. The minimum Gasteiger partial charge on any atom is -0.478 e. The largest absolute Gasteiger partial charge is 0.478 e. The minimum atomic E-state index is -0.374. The van der Waals surface area contributed by atoms with Gasteiger partial charge in [0.1, 0.15) is 6.61 Å². The third-order valence-electron chi connectivity index (χ3n) is 8.98. The molecule has 6 heteroatoms. The third-order valence-corrected chi connectivity index (χ3v) is 8.98. The van der Waals surface area contributed by atoms with Crippen LogP contribution in [-0.4, -0.2) is 56.3 Å². The highest BCUT2D eigenvalue weighted by atomic mass is 16.5. The van der Waals surface area contributed by atoms with Gasteiger partial charge in [-0.05, 0) is 91.1 Å². The predicted octanol–water partition coefficient (Wildman–Crippen LogP) is 13.2. The summed E-state index contributed by atoms with van der Waals surface area (Å²) in [5, 5.41) is 0. The van der Waals surface area contributed by atoms with Crippen molar-refractivity contribution in [3.05, 3.63) is 66.3 Å². The van der Waals surface area contributed by atoms with Gasteiger partial charge in [0.25, 0.3) is 0 Å². The fourth-order valence-electron chi connectivity index (χ4n) is 5.68. The first-order chi connectivity index (χ1) is 25.6. The first-order valence-corrected chi connectivity index (χ1v) is 21.3. The third kappa shape index (κ3) is 30.7. The zero-order valence-electron chi connectivity index (χ0n) is 34.1. The van der Waals surface area contributed by atoms with E-state index >= 15 is 0 Å². The Labute approximate surface area is 320 Å². The minimum absolute atomic E-state index is 0.334. The summed E-state index contributed by atoms with van der Waals surface area (Å²) in [7, 11) is 3.92. The molecule has 1 rings (SSSR count). The van der Waals surface area contributed by atoms with Crippen LogP contribution in [0.25, 0.3) is 0 Å². The monoisotopic (exact) mass is 723 g/mol. The van der Waals surface area contributed by atoms with E-state index in [2.05, 4.69) is 67.4 Å². The number of rotatable bonds is 36. The predicted molar refractivity (Wildman–Crippen MR) is 223 cm³/mol. The van der Waals surface area contributed by atoms with Crippen molar-refractivity contribution in [2.75, 3.05) is 40.5 Å². The van der Waals surface area contributed by atoms with Crippen molar-refractivity contribution in [3.63, 3.8) is 0 Å². The molecular weight excluding hydrogens is 645 g/mol. The van der Waals surface area contributed by atoms with Gasteiger partial charge in [-0.25, -0.2) is 4.79 Å². The molecule has 0 unspecified atom stereocenters. The van der Waals surface area contributed by atoms with E-state index in [4.69, 9.17) is 14.2 Å². The number of hydrogen-bond donors (Lipinski definition) is 0. The Balaban J connectivity index is 2.29. The summed E-state index contributed by atoms with van der Waals surface area (Å²) < 4.78 is 17.5. The van der Waals surface area contributed by atoms with Crippen molar-refractivity contribution in [1.29, 1.82) is 0 Å². The average molecular weight is 723 g/mol. The molecule has 0 saturated carbocycles. The average Bonchev–Trinajstić information content (AvgIpc) is 3.14. The van der Waals surface area contributed by atoms with Crippen LogP contribution in [0.4, 0.5) is 0 Å². The molecule has 0 fully saturated rings. The fourth-order valence-corrected chi connectivity index (χ4v) is 5.68. The summed E-state index contributed by atoms with van der Waals surface area (Å²) in [6.45, 7) is 6.66. The van der Waals surface area contributed by atoms with Gasteiger partial charge in [0.15, 0.2) is 0 Å². The lowest BCUT2D eigenvalue weighted by atomic mass is 10.1. The SMILES string of the molecule is CCCCC/C=C\C/C=C\CCCCCCCCOc1cc(C(=O)OCCN(C)C)cc(OCCCCCCCC/C=C\C/C=C\CCCCC)n1.